The highest BCUT2D eigenvalue weighted by Crippen LogP contribution is 2.54. The molecule has 0 aliphatic heterocycles. The lowest BCUT2D eigenvalue weighted by Gasteiger charge is -2.33. The monoisotopic (exact) mass is 786 g/mol. The van der Waals surface area contributed by atoms with Gasteiger partial charge in [0, 0.05) is 38.2 Å². The van der Waals surface area contributed by atoms with E-state index in [1.165, 1.54) is 75.9 Å². The van der Waals surface area contributed by atoms with Crippen LogP contribution in [0.1, 0.15) is 23.5 Å². The van der Waals surface area contributed by atoms with Crippen LogP contribution < -0.4 is 16.3 Å². The molecular weight excluding hydrogens is 761 g/mol. The minimum absolute atomic E-state index is 0.0131. The summed E-state index contributed by atoms with van der Waals surface area (Å²) in [5.41, 5.74) is 9.86. The van der Waals surface area contributed by atoms with Crippen LogP contribution in [0.3, 0.4) is 0 Å². The third-order valence-corrected chi connectivity index (χ3v) is 15.2. The van der Waals surface area contributed by atoms with Gasteiger partial charge in [0.05, 0.1) is 22.1 Å². The highest BCUT2D eigenvalue weighted by molar-refractivity contribution is 6.42. The van der Waals surface area contributed by atoms with Crippen LogP contribution in [-0.2, 0) is 0 Å². The van der Waals surface area contributed by atoms with Gasteiger partial charge in [0.1, 0.15) is 11.3 Å². The SMILES string of the molecule is O=c1c2ccc3c4c(ccc(c42)c2nc4ccccc4n12)-c1ccc2c4c1C3CC=c4c1ccc3c4ccc5c(=O)n6c7ccccc7nc6c6ccc(c7ccc2c1c37)c4c56. The zero-order valence-electron chi connectivity index (χ0n) is 32.7. The molecule has 62 heavy (non-hydrogen) atoms. The Labute approximate surface area is 347 Å². The van der Waals surface area contributed by atoms with Crippen LogP contribution in [0.4, 0.5) is 0 Å². The van der Waals surface area contributed by atoms with E-state index in [1.54, 1.807) is 8.80 Å². The average Bonchev–Trinajstić information content (AvgIpc) is 3.91. The highest BCUT2D eigenvalue weighted by Gasteiger charge is 2.34. The summed E-state index contributed by atoms with van der Waals surface area (Å²) in [7, 11) is 0. The normalized spacial score (nSPS) is 15.1. The van der Waals surface area contributed by atoms with Crippen molar-refractivity contribution < 1.29 is 0 Å². The molecule has 282 valence electrons. The molecule has 0 fully saturated rings. The summed E-state index contributed by atoms with van der Waals surface area (Å²) >= 11 is 0. The number of benzene rings is 11. The van der Waals surface area contributed by atoms with Gasteiger partial charge in [-0.25, -0.2) is 9.97 Å². The van der Waals surface area contributed by atoms with E-state index in [1.807, 2.05) is 54.6 Å². The summed E-state index contributed by atoms with van der Waals surface area (Å²) in [5, 5.41) is 21.6. The number of imidazole rings is 2. The molecule has 4 aromatic heterocycles. The minimum Gasteiger partial charge on any atom is -0.268 e. The van der Waals surface area contributed by atoms with Crippen LogP contribution in [0, 0.1) is 0 Å². The Balaban J connectivity index is 0.972. The lowest BCUT2D eigenvalue weighted by Crippen LogP contribution is -2.20. The third kappa shape index (κ3) is 3.15. The maximum atomic E-state index is 14.3. The topological polar surface area (TPSA) is 68.7 Å². The molecule has 1 atom stereocenters. The van der Waals surface area contributed by atoms with Gasteiger partial charge in [-0.3, -0.25) is 18.4 Å². The Morgan fingerprint density at radius 3 is 1.47 bits per heavy atom. The number of fused-ring (bicyclic) bond motifs is 14. The summed E-state index contributed by atoms with van der Waals surface area (Å²) in [6, 6.07) is 47.3. The molecule has 0 spiro atoms. The Bertz CT molecular complexity index is 4870. The van der Waals surface area contributed by atoms with Crippen molar-refractivity contribution in [2.24, 2.45) is 0 Å². The van der Waals surface area contributed by atoms with Crippen LogP contribution in [0.15, 0.2) is 143 Å². The first kappa shape index (κ1) is 30.8. The molecule has 15 aromatic rings. The van der Waals surface area contributed by atoms with Gasteiger partial charge in [0.2, 0.25) is 0 Å². The average molecular weight is 787 g/mol. The first-order chi connectivity index (χ1) is 30.6. The van der Waals surface area contributed by atoms with Gasteiger partial charge >= 0.3 is 0 Å². The zero-order chi connectivity index (χ0) is 40.0. The number of rotatable bonds is 0. The molecule has 6 nitrogen and oxygen atoms in total. The number of pyridine rings is 2. The van der Waals surface area contributed by atoms with Crippen molar-refractivity contribution in [3.05, 3.63) is 171 Å². The fourth-order valence-electron chi connectivity index (χ4n) is 12.9. The van der Waals surface area contributed by atoms with Crippen molar-refractivity contribution in [3.8, 4) is 11.1 Å². The van der Waals surface area contributed by atoms with Gasteiger partial charge in [-0.05, 0) is 147 Å². The van der Waals surface area contributed by atoms with Crippen LogP contribution in [0.2, 0.25) is 0 Å². The number of aromatic nitrogens is 4. The van der Waals surface area contributed by atoms with E-state index < -0.39 is 0 Å². The molecule has 11 aromatic carbocycles. The number of para-hydroxylation sites is 4. The molecule has 0 radical (unpaired) electrons. The van der Waals surface area contributed by atoms with E-state index in [9.17, 15) is 9.59 Å². The molecule has 6 heteroatoms. The van der Waals surface area contributed by atoms with Crippen molar-refractivity contribution in [3.63, 3.8) is 0 Å². The lowest BCUT2D eigenvalue weighted by atomic mass is 9.70. The molecular formula is C56H26N4O2. The fourth-order valence-corrected chi connectivity index (χ4v) is 12.9. The molecule has 1 unspecified atom stereocenters. The van der Waals surface area contributed by atoms with Gasteiger partial charge in [-0.1, -0.05) is 91.0 Å². The Morgan fingerprint density at radius 2 is 0.839 bits per heavy atom. The molecule has 4 heterocycles. The summed E-state index contributed by atoms with van der Waals surface area (Å²) in [5.74, 6) is 0.160. The number of nitrogens with zero attached hydrogens (tertiary/aromatic N) is 4. The largest absolute Gasteiger partial charge is 0.268 e. The van der Waals surface area contributed by atoms with E-state index in [2.05, 4.69) is 84.9 Å². The number of hydrogen-bond donors (Lipinski definition) is 0. The smallest absolute Gasteiger partial charge is 0.264 e. The van der Waals surface area contributed by atoms with E-state index in [0.717, 1.165) is 82.6 Å². The van der Waals surface area contributed by atoms with E-state index in [4.69, 9.17) is 9.97 Å². The van der Waals surface area contributed by atoms with Gasteiger partial charge < -0.3 is 0 Å². The molecule has 0 N–H and O–H groups in total. The first-order valence-corrected chi connectivity index (χ1v) is 21.4. The van der Waals surface area contributed by atoms with E-state index in [0.29, 0.717) is 5.65 Å². The molecule has 0 saturated carbocycles. The van der Waals surface area contributed by atoms with Gasteiger partial charge in [-0.2, -0.15) is 0 Å². The molecule has 2 aliphatic carbocycles. The molecule has 0 bridgehead atoms. The second-order valence-corrected chi connectivity index (χ2v) is 17.7. The van der Waals surface area contributed by atoms with Crippen LogP contribution in [-0.4, -0.2) is 18.8 Å². The maximum absolute atomic E-state index is 14.3. The van der Waals surface area contributed by atoms with Crippen molar-refractivity contribution in [2.45, 2.75) is 12.3 Å². The van der Waals surface area contributed by atoms with E-state index in [-0.39, 0.29) is 17.0 Å². The lowest BCUT2D eigenvalue weighted by molar-refractivity contribution is 0.859. The molecule has 17 rings (SSSR count). The summed E-state index contributed by atoms with van der Waals surface area (Å²) in [4.78, 5) is 38.7. The fraction of sp³-hybridized carbons (Fsp3) is 0.0357. The Morgan fingerprint density at radius 1 is 0.403 bits per heavy atom. The zero-order valence-corrected chi connectivity index (χ0v) is 32.7. The van der Waals surface area contributed by atoms with Crippen molar-refractivity contribution in [2.75, 3.05) is 0 Å². The summed E-state index contributed by atoms with van der Waals surface area (Å²) < 4.78 is 3.59. The van der Waals surface area contributed by atoms with Crippen molar-refractivity contribution in [1.82, 2.24) is 18.8 Å². The second-order valence-electron chi connectivity index (χ2n) is 17.7. The molecule has 2 aliphatic rings. The minimum atomic E-state index is -0.0271. The molecule has 0 saturated heterocycles. The Kier molecular flexibility index (Phi) is 4.89. The summed E-state index contributed by atoms with van der Waals surface area (Å²) in [6.07, 6.45) is 3.35. The van der Waals surface area contributed by atoms with Gasteiger partial charge in [0.25, 0.3) is 11.1 Å². The predicted octanol–water partition coefficient (Wildman–Crippen LogP) is 11.7. The van der Waals surface area contributed by atoms with Gasteiger partial charge in [-0.15, -0.1) is 0 Å². The first-order valence-electron chi connectivity index (χ1n) is 21.4. The number of hydrogen-bond acceptors (Lipinski definition) is 4. The highest BCUT2D eigenvalue weighted by atomic mass is 16.1. The predicted molar refractivity (Wildman–Crippen MR) is 254 cm³/mol. The van der Waals surface area contributed by atoms with Crippen molar-refractivity contribution >= 4 is 136 Å². The van der Waals surface area contributed by atoms with Crippen LogP contribution >= 0.6 is 0 Å². The van der Waals surface area contributed by atoms with Crippen LogP contribution in [0.5, 0.6) is 0 Å². The van der Waals surface area contributed by atoms with Crippen molar-refractivity contribution in [1.29, 1.82) is 0 Å². The quantitative estimate of drug-likeness (QED) is 0.113. The van der Waals surface area contributed by atoms with Crippen LogP contribution in [0.25, 0.3) is 148 Å². The Hall–Kier alpha value is -8.22. The third-order valence-electron chi connectivity index (χ3n) is 15.2. The second kappa shape index (κ2) is 9.86. The van der Waals surface area contributed by atoms with E-state index >= 15 is 0 Å². The molecule has 0 amide bonds. The maximum Gasteiger partial charge on any atom is 0.264 e. The standard InChI is InChI=1S/C56H26N4O2/c61-55-39-23-19-35-31-15-11-27-28-12-16-32-36-20-24-40-52-38(54-58-42-6-2-4-8-44(42)60(54)56(40)62)22-18-34(50(36)52)30-14-10-26(46(28)48(30)32)25-9-13-29(47(31)45(25)27)33-17-21-37(51(39)49(33)35)53-57-41-5-1-3-7-43(41)59(53)55/h1-15,17-24,32H,16H2. The summed E-state index contributed by atoms with van der Waals surface area (Å²) in [6.45, 7) is 0. The van der Waals surface area contributed by atoms with Gasteiger partial charge in [0.15, 0.2) is 0 Å².